The van der Waals surface area contributed by atoms with Gasteiger partial charge in [0.15, 0.2) is 0 Å². The minimum atomic E-state index is -0.375. The van der Waals surface area contributed by atoms with Crippen molar-refractivity contribution in [2.45, 2.75) is 59.5 Å². The largest absolute Gasteiger partial charge is 0.460 e. The van der Waals surface area contributed by atoms with Crippen LogP contribution in [0.5, 0.6) is 0 Å². The first-order chi connectivity index (χ1) is 11.4. The number of hydrogen-bond acceptors (Lipinski definition) is 4. The predicted octanol–water partition coefficient (Wildman–Crippen LogP) is 4.24. The Labute approximate surface area is 146 Å². The first-order valence-corrected chi connectivity index (χ1v) is 9.25. The third-order valence-electron chi connectivity index (χ3n) is 4.32. The summed E-state index contributed by atoms with van der Waals surface area (Å²) in [6.45, 7) is 12.9. The van der Waals surface area contributed by atoms with Gasteiger partial charge in [-0.2, -0.15) is 0 Å². The van der Waals surface area contributed by atoms with Gasteiger partial charge in [-0.25, -0.2) is 0 Å². The van der Waals surface area contributed by atoms with Crippen molar-refractivity contribution in [1.29, 1.82) is 0 Å². The van der Waals surface area contributed by atoms with Gasteiger partial charge in [0.1, 0.15) is 5.60 Å². The van der Waals surface area contributed by atoms with E-state index < -0.39 is 0 Å². The molecule has 4 heteroatoms. The number of nitrogens with zero attached hydrogens (tertiary/aromatic N) is 1. The van der Waals surface area contributed by atoms with Crippen LogP contribution in [0.3, 0.4) is 0 Å². The standard InChI is InChI=1S/C18H26N2O2.C2H6/c1-18(2,3)22-17(21)8-7-13-11-20(12-13)16-6-4-5-15-14(16)9-10-19-15;1-2/h4-6,13,19H,7-12H2,1-3H3;1-2H3. The molecule has 0 radical (unpaired) electrons. The fraction of sp³-hybridized carbons (Fsp3) is 0.650. The van der Waals surface area contributed by atoms with Gasteiger partial charge in [-0.05, 0) is 51.7 Å². The monoisotopic (exact) mass is 332 g/mol. The van der Waals surface area contributed by atoms with Crippen LogP contribution in [-0.2, 0) is 16.0 Å². The second-order valence-electron chi connectivity index (χ2n) is 7.38. The zero-order valence-electron chi connectivity index (χ0n) is 15.8. The van der Waals surface area contributed by atoms with Crippen molar-refractivity contribution in [3.8, 4) is 0 Å². The van der Waals surface area contributed by atoms with Gasteiger partial charge in [-0.15, -0.1) is 0 Å². The SMILES string of the molecule is CC.CC(C)(C)OC(=O)CCC1CN(c2cccc3c2CCN3)C1. The second-order valence-corrected chi connectivity index (χ2v) is 7.38. The van der Waals surface area contributed by atoms with Gasteiger partial charge < -0.3 is 15.0 Å². The maximum absolute atomic E-state index is 11.8. The second kappa shape index (κ2) is 7.91. The molecule has 2 aliphatic heterocycles. The van der Waals surface area contributed by atoms with E-state index in [1.165, 1.54) is 16.9 Å². The summed E-state index contributed by atoms with van der Waals surface area (Å²) in [5, 5.41) is 3.43. The van der Waals surface area contributed by atoms with Crippen molar-refractivity contribution < 1.29 is 9.53 Å². The summed E-state index contributed by atoms with van der Waals surface area (Å²) in [6.07, 6.45) is 2.58. The van der Waals surface area contributed by atoms with Crippen molar-refractivity contribution in [2.75, 3.05) is 29.9 Å². The molecule has 2 heterocycles. The average molecular weight is 332 g/mol. The highest BCUT2D eigenvalue weighted by molar-refractivity contribution is 5.71. The molecule has 24 heavy (non-hydrogen) atoms. The van der Waals surface area contributed by atoms with Crippen LogP contribution in [0.4, 0.5) is 11.4 Å². The normalized spacial score (nSPS) is 16.5. The molecule has 0 atom stereocenters. The highest BCUT2D eigenvalue weighted by Crippen LogP contribution is 2.36. The molecule has 0 amide bonds. The number of nitrogens with one attached hydrogen (secondary N) is 1. The molecule has 0 unspecified atom stereocenters. The van der Waals surface area contributed by atoms with E-state index in [-0.39, 0.29) is 11.6 Å². The number of rotatable bonds is 4. The maximum atomic E-state index is 11.8. The van der Waals surface area contributed by atoms with Crippen molar-refractivity contribution in [3.05, 3.63) is 23.8 Å². The van der Waals surface area contributed by atoms with Crippen LogP contribution in [0.25, 0.3) is 0 Å². The molecule has 1 N–H and O–H groups in total. The van der Waals surface area contributed by atoms with Crippen molar-refractivity contribution in [1.82, 2.24) is 0 Å². The minimum Gasteiger partial charge on any atom is -0.460 e. The summed E-state index contributed by atoms with van der Waals surface area (Å²) < 4.78 is 5.37. The summed E-state index contributed by atoms with van der Waals surface area (Å²) in [7, 11) is 0. The first kappa shape index (κ1) is 18.6. The van der Waals surface area contributed by atoms with E-state index in [9.17, 15) is 4.79 Å². The molecule has 4 nitrogen and oxygen atoms in total. The summed E-state index contributed by atoms with van der Waals surface area (Å²) in [4.78, 5) is 14.2. The summed E-state index contributed by atoms with van der Waals surface area (Å²) in [5.41, 5.74) is 3.74. The first-order valence-electron chi connectivity index (χ1n) is 9.25. The van der Waals surface area contributed by atoms with Gasteiger partial charge in [0.25, 0.3) is 0 Å². The molecule has 1 aromatic carbocycles. The van der Waals surface area contributed by atoms with Crippen molar-refractivity contribution in [2.24, 2.45) is 5.92 Å². The molecule has 0 aromatic heterocycles. The van der Waals surface area contributed by atoms with Gasteiger partial charge >= 0.3 is 5.97 Å². The highest BCUT2D eigenvalue weighted by atomic mass is 16.6. The summed E-state index contributed by atoms with van der Waals surface area (Å²) in [6, 6.07) is 6.50. The molecule has 3 rings (SSSR count). The van der Waals surface area contributed by atoms with Crippen LogP contribution in [0.2, 0.25) is 0 Å². The van der Waals surface area contributed by atoms with Gasteiger partial charge in [0.2, 0.25) is 0 Å². The van der Waals surface area contributed by atoms with E-state index in [1.807, 2.05) is 34.6 Å². The van der Waals surface area contributed by atoms with Crippen LogP contribution < -0.4 is 10.2 Å². The number of esters is 1. The topological polar surface area (TPSA) is 41.6 Å². The fourth-order valence-corrected chi connectivity index (χ4v) is 3.29. The quantitative estimate of drug-likeness (QED) is 0.838. The number of carbonyl (C=O) groups is 1. The van der Waals surface area contributed by atoms with E-state index >= 15 is 0 Å². The Kier molecular flexibility index (Phi) is 6.14. The lowest BCUT2D eigenvalue weighted by Gasteiger charge is -2.42. The zero-order chi connectivity index (χ0) is 17.7. The molecule has 134 valence electrons. The van der Waals surface area contributed by atoms with Gasteiger partial charge in [-0.3, -0.25) is 4.79 Å². The Morgan fingerprint density at radius 1 is 1.29 bits per heavy atom. The summed E-state index contributed by atoms with van der Waals surface area (Å²) >= 11 is 0. The van der Waals surface area contributed by atoms with E-state index in [0.29, 0.717) is 12.3 Å². The van der Waals surface area contributed by atoms with Crippen LogP contribution in [-0.4, -0.2) is 31.2 Å². The molecule has 1 fully saturated rings. The Hall–Kier alpha value is -1.71. The average Bonchev–Trinajstić information content (AvgIpc) is 2.95. The number of hydrogen-bond donors (Lipinski definition) is 1. The number of benzene rings is 1. The fourth-order valence-electron chi connectivity index (χ4n) is 3.29. The Balaban J connectivity index is 0.00000100. The molecule has 0 saturated carbocycles. The van der Waals surface area contributed by atoms with Crippen LogP contribution >= 0.6 is 0 Å². The number of fused-ring (bicyclic) bond motifs is 1. The summed E-state index contributed by atoms with van der Waals surface area (Å²) in [5.74, 6) is 0.536. The van der Waals surface area contributed by atoms with Gasteiger partial charge in [0, 0.05) is 43.0 Å². The van der Waals surface area contributed by atoms with Crippen LogP contribution in [0.1, 0.15) is 53.0 Å². The number of ether oxygens (including phenoxy) is 1. The Morgan fingerprint density at radius 3 is 2.67 bits per heavy atom. The lowest BCUT2D eigenvalue weighted by Crippen LogP contribution is -2.47. The molecule has 1 aromatic rings. The Bertz CT molecular complexity index is 557. The van der Waals surface area contributed by atoms with Crippen LogP contribution in [0.15, 0.2) is 18.2 Å². The molecule has 0 aliphatic carbocycles. The van der Waals surface area contributed by atoms with E-state index in [0.717, 1.165) is 32.5 Å². The predicted molar refractivity (Wildman–Crippen MR) is 101 cm³/mol. The molecule has 0 bridgehead atoms. The molecule has 1 saturated heterocycles. The highest BCUT2D eigenvalue weighted by Gasteiger charge is 2.30. The molecular formula is C20H32N2O2. The minimum absolute atomic E-state index is 0.0734. The third kappa shape index (κ3) is 4.65. The smallest absolute Gasteiger partial charge is 0.306 e. The molecule has 2 aliphatic rings. The maximum Gasteiger partial charge on any atom is 0.306 e. The van der Waals surface area contributed by atoms with E-state index in [4.69, 9.17) is 4.74 Å². The Morgan fingerprint density at radius 2 is 2.00 bits per heavy atom. The van der Waals surface area contributed by atoms with Crippen LogP contribution in [0, 0.1) is 5.92 Å². The number of anilines is 2. The molecule has 0 spiro atoms. The van der Waals surface area contributed by atoms with Crippen molar-refractivity contribution >= 4 is 17.3 Å². The van der Waals surface area contributed by atoms with Gasteiger partial charge in [-0.1, -0.05) is 19.9 Å². The lowest BCUT2D eigenvalue weighted by molar-refractivity contribution is -0.155. The van der Waals surface area contributed by atoms with Gasteiger partial charge in [0.05, 0.1) is 0 Å². The molecular weight excluding hydrogens is 300 g/mol. The zero-order valence-corrected chi connectivity index (χ0v) is 15.8. The third-order valence-corrected chi connectivity index (χ3v) is 4.32. The number of carbonyl (C=O) groups excluding carboxylic acids is 1. The van der Waals surface area contributed by atoms with Crippen molar-refractivity contribution in [3.63, 3.8) is 0 Å². The lowest BCUT2D eigenvalue weighted by atomic mass is 9.93. The van der Waals surface area contributed by atoms with E-state index in [1.54, 1.807) is 0 Å². The van der Waals surface area contributed by atoms with E-state index in [2.05, 4.69) is 28.4 Å².